The molecule has 7 nitrogen and oxygen atoms in total. The molecular weight excluding hydrogens is 398 g/mol. The lowest BCUT2D eigenvalue weighted by molar-refractivity contribution is -0.148. The number of ether oxygens (including phenoxy) is 4. The number of amides is 1. The van der Waals surface area contributed by atoms with Crippen molar-refractivity contribution in [1.82, 2.24) is 0 Å². The van der Waals surface area contributed by atoms with Crippen LogP contribution in [0.3, 0.4) is 0 Å². The van der Waals surface area contributed by atoms with E-state index < -0.39 is 12.1 Å². The molecule has 1 aliphatic carbocycles. The highest BCUT2D eigenvalue weighted by atomic mass is 16.6. The van der Waals surface area contributed by atoms with Gasteiger partial charge in [-0.3, -0.25) is 4.79 Å². The van der Waals surface area contributed by atoms with E-state index >= 15 is 0 Å². The minimum atomic E-state index is -0.930. The molecule has 1 aliphatic heterocycles. The number of hydrogen-bond donors (Lipinski definition) is 1. The van der Waals surface area contributed by atoms with Crippen molar-refractivity contribution in [2.24, 2.45) is 0 Å². The van der Waals surface area contributed by atoms with Gasteiger partial charge in [-0.2, -0.15) is 0 Å². The molecule has 0 bridgehead atoms. The fourth-order valence-corrected chi connectivity index (χ4v) is 3.71. The first-order valence-corrected chi connectivity index (χ1v) is 10.3. The average molecular weight is 423 g/mol. The monoisotopic (exact) mass is 423 g/mol. The molecule has 2 aromatic rings. The molecule has 31 heavy (non-hydrogen) atoms. The minimum Gasteiger partial charge on any atom is -0.493 e. The first-order valence-electron chi connectivity index (χ1n) is 10.3. The Kier molecular flexibility index (Phi) is 6.11. The fourth-order valence-electron chi connectivity index (χ4n) is 3.71. The van der Waals surface area contributed by atoms with E-state index in [4.69, 9.17) is 18.9 Å². The number of esters is 1. The molecule has 0 fully saturated rings. The minimum absolute atomic E-state index is 0.374. The molecule has 1 heterocycles. The van der Waals surface area contributed by atoms with Gasteiger partial charge < -0.3 is 24.3 Å². The maximum absolute atomic E-state index is 12.4. The highest BCUT2D eigenvalue weighted by Crippen LogP contribution is 2.40. The van der Waals surface area contributed by atoms with Gasteiger partial charge in [-0.25, -0.2) is 4.79 Å². The Balaban J connectivity index is 1.35. The normalized spacial score (nSPS) is 15.3. The second-order valence-electron chi connectivity index (χ2n) is 7.49. The molecule has 2 aliphatic rings. The van der Waals surface area contributed by atoms with Crippen molar-refractivity contribution in [2.75, 3.05) is 25.6 Å². The van der Waals surface area contributed by atoms with Crippen molar-refractivity contribution in [3.63, 3.8) is 0 Å². The molecule has 1 amide bonds. The van der Waals surface area contributed by atoms with Crippen molar-refractivity contribution in [2.45, 2.75) is 32.3 Å². The number of nitrogens with one attached hydrogen (secondary N) is 1. The molecule has 4 rings (SSSR count). The van der Waals surface area contributed by atoms with Gasteiger partial charge in [0.1, 0.15) is 13.2 Å². The summed E-state index contributed by atoms with van der Waals surface area (Å²) in [5, 5.41) is 2.81. The van der Waals surface area contributed by atoms with Crippen molar-refractivity contribution in [1.29, 1.82) is 0 Å². The van der Waals surface area contributed by atoms with Gasteiger partial charge in [0, 0.05) is 11.8 Å². The SMILES string of the molecule is COc1cc(/C=C/C(=O)O[C@@H](C)C(=O)Nc2ccc3c(c2)CCC3)cc2c1OCCO2. The van der Waals surface area contributed by atoms with Gasteiger partial charge in [-0.1, -0.05) is 6.07 Å². The van der Waals surface area contributed by atoms with E-state index in [9.17, 15) is 9.59 Å². The zero-order chi connectivity index (χ0) is 21.8. The largest absolute Gasteiger partial charge is 0.493 e. The number of carbonyl (C=O) groups is 2. The molecule has 7 heteroatoms. The third-order valence-electron chi connectivity index (χ3n) is 5.29. The Morgan fingerprint density at radius 1 is 1.10 bits per heavy atom. The maximum atomic E-state index is 12.4. The van der Waals surface area contributed by atoms with Gasteiger partial charge in [0.05, 0.1) is 7.11 Å². The second kappa shape index (κ2) is 9.12. The van der Waals surface area contributed by atoms with Crippen LogP contribution < -0.4 is 19.5 Å². The topological polar surface area (TPSA) is 83.1 Å². The summed E-state index contributed by atoms with van der Waals surface area (Å²) in [6, 6.07) is 9.40. The van der Waals surface area contributed by atoms with Crippen molar-refractivity contribution in [3.05, 3.63) is 53.1 Å². The molecule has 0 spiro atoms. The van der Waals surface area contributed by atoms with E-state index in [-0.39, 0.29) is 5.91 Å². The van der Waals surface area contributed by atoms with Crippen molar-refractivity contribution >= 4 is 23.6 Å². The summed E-state index contributed by atoms with van der Waals surface area (Å²) in [6.07, 6.45) is 5.17. The van der Waals surface area contributed by atoms with E-state index in [1.54, 1.807) is 25.1 Å². The standard InChI is InChI=1S/C24H25NO6/c1-15(24(27)25-19-8-7-17-4-3-5-18(17)14-19)31-22(26)9-6-16-12-20(28-2)23-21(13-16)29-10-11-30-23/h6-9,12-15H,3-5,10-11H2,1-2H3,(H,25,27)/b9-6+/t15-/m0/s1. The zero-order valence-electron chi connectivity index (χ0n) is 17.6. The van der Waals surface area contributed by atoms with Crippen LogP contribution >= 0.6 is 0 Å². The molecule has 2 aromatic carbocycles. The molecule has 0 saturated heterocycles. The molecule has 162 valence electrons. The number of carbonyl (C=O) groups excluding carboxylic acids is 2. The summed E-state index contributed by atoms with van der Waals surface area (Å²) >= 11 is 0. The van der Waals surface area contributed by atoms with Gasteiger partial charge in [-0.15, -0.1) is 0 Å². The van der Waals surface area contributed by atoms with Crippen LogP contribution in [0.25, 0.3) is 6.08 Å². The lowest BCUT2D eigenvalue weighted by atomic mass is 10.1. The summed E-state index contributed by atoms with van der Waals surface area (Å²) in [5.74, 6) is 0.629. The Morgan fingerprint density at radius 2 is 1.90 bits per heavy atom. The first kappa shape index (κ1) is 20.8. The quantitative estimate of drug-likeness (QED) is 0.565. The molecule has 1 atom stereocenters. The number of hydrogen-bond acceptors (Lipinski definition) is 6. The lowest BCUT2D eigenvalue weighted by Gasteiger charge is -2.20. The fraction of sp³-hybridized carbons (Fsp3) is 0.333. The Morgan fingerprint density at radius 3 is 2.74 bits per heavy atom. The van der Waals surface area contributed by atoms with E-state index in [0.717, 1.165) is 19.3 Å². The molecule has 1 N–H and O–H groups in total. The van der Waals surface area contributed by atoms with E-state index in [0.29, 0.717) is 41.7 Å². The summed E-state index contributed by atoms with van der Waals surface area (Å²) in [6.45, 7) is 2.44. The highest BCUT2D eigenvalue weighted by molar-refractivity contribution is 5.96. The Labute approximate surface area is 180 Å². The number of benzene rings is 2. The first-order chi connectivity index (χ1) is 15.0. The summed E-state index contributed by atoms with van der Waals surface area (Å²) in [7, 11) is 1.54. The predicted molar refractivity (Wildman–Crippen MR) is 116 cm³/mol. The van der Waals surface area contributed by atoms with Gasteiger partial charge in [0.25, 0.3) is 5.91 Å². The van der Waals surface area contributed by atoms with Crippen LogP contribution in [0.15, 0.2) is 36.4 Å². The summed E-state index contributed by atoms with van der Waals surface area (Å²) < 4.78 is 21.7. The van der Waals surface area contributed by atoms with Crippen LogP contribution in [-0.2, 0) is 27.2 Å². The van der Waals surface area contributed by atoms with E-state index in [2.05, 4.69) is 5.32 Å². The number of anilines is 1. The number of methoxy groups -OCH3 is 1. The van der Waals surface area contributed by atoms with Crippen LogP contribution in [0.5, 0.6) is 17.2 Å². The Hall–Kier alpha value is -3.48. The van der Waals surface area contributed by atoms with Gasteiger partial charge >= 0.3 is 5.97 Å². The van der Waals surface area contributed by atoms with Gasteiger partial charge in [-0.05, 0) is 73.2 Å². The Bertz CT molecular complexity index is 1010. The summed E-state index contributed by atoms with van der Waals surface area (Å²) in [4.78, 5) is 24.6. The molecule has 0 radical (unpaired) electrons. The molecular formula is C24H25NO6. The molecule has 0 aromatic heterocycles. The number of aryl methyl sites for hydroxylation is 2. The summed E-state index contributed by atoms with van der Waals surface area (Å²) in [5.41, 5.74) is 4.00. The third-order valence-corrected chi connectivity index (χ3v) is 5.29. The number of fused-ring (bicyclic) bond motifs is 2. The van der Waals surface area contributed by atoms with Crippen LogP contribution in [0, 0.1) is 0 Å². The molecule has 0 unspecified atom stereocenters. The maximum Gasteiger partial charge on any atom is 0.331 e. The van der Waals surface area contributed by atoms with Gasteiger partial charge in [0.15, 0.2) is 17.6 Å². The van der Waals surface area contributed by atoms with Crippen LogP contribution in [-0.4, -0.2) is 38.3 Å². The molecule has 0 saturated carbocycles. The highest BCUT2D eigenvalue weighted by Gasteiger charge is 2.20. The van der Waals surface area contributed by atoms with E-state index in [1.807, 2.05) is 18.2 Å². The van der Waals surface area contributed by atoms with Crippen LogP contribution in [0.2, 0.25) is 0 Å². The zero-order valence-corrected chi connectivity index (χ0v) is 17.6. The van der Waals surface area contributed by atoms with Crippen LogP contribution in [0.1, 0.15) is 30.0 Å². The smallest absolute Gasteiger partial charge is 0.331 e. The average Bonchev–Trinajstić information content (AvgIpc) is 3.25. The van der Waals surface area contributed by atoms with E-state index in [1.165, 1.54) is 24.3 Å². The van der Waals surface area contributed by atoms with Crippen molar-refractivity contribution in [3.8, 4) is 17.2 Å². The number of rotatable bonds is 6. The lowest BCUT2D eigenvalue weighted by Crippen LogP contribution is -2.29. The third kappa shape index (κ3) is 4.82. The van der Waals surface area contributed by atoms with Crippen molar-refractivity contribution < 1.29 is 28.5 Å². The van der Waals surface area contributed by atoms with Gasteiger partial charge in [0.2, 0.25) is 5.75 Å². The predicted octanol–water partition coefficient (Wildman–Crippen LogP) is 3.54. The second-order valence-corrected chi connectivity index (χ2v) is 7.49. The van der Waals surface area contributed by atoms with Crippen LogP contribution in [0.4, 0.5) is 5.69 Å².